The van der Waals surface area contributed by atoms with E-state index in [0.717, 1.165) is 22.7 Å². The zero-order valence-corrected chi connectivity index (χ0v) is 21.4. The number of hydrogen-bond donors (Lipinski definition) is 1. The van der Waals surface area contributed by atoms with Crippen LogP contribution in [0.4, 0.5) is 5.69 Å². The summed E-state index contributed by atoms with van der Waals surface area (Å²) in [5.74, 6) is 0.397. The average Bonchev–Trinajstić information content (AvgIpc) is 2.85. The second kappa shape index (κ2) is 11.8. The van der Waals surface area contributed by atoms with Gasteiger partial charge in [0.25, 0.3) is 10.0 Å². The van der Waals surface area contributed by atoms with Gasteiger partial charge >= 0.3 is 0 Å². The standard InChI is InChI=1S/C27H32N2O5S/c1-20-10-13-24(14-11-20)35(31,32)29(25-15-12-23(33-3)18-26(25)34-4)19-27(30)28-16-6-9-22-8-5-7-21(2)17-22/h5,7-8,10-15,17-18H,6,9,16,19H2,1-4H3,(H,28,30). The van der Waals surface area contributed by atoms with Crippen LogP contribution in [-0.2, 0) is 21.2 Å². The molecule has 0 spiro atoms. The molecule has 3 aromatic carbocycles. The number of anilines is 1. The molecule has 8 heteroatoms. The van der Waals surface area contributed by atoms with Crippen LogP contribution in [0, 0.1) is 13.8 Å². The van der Waals surface area contributed by atoms with Crippen molar-refractivity contribution in [3.05, 3.63) is 83.4 Å². The van der Waals surface area contributed by atoms with Gasteiger partial charge in [-0.2, -0.15) is 0 Å². The van der Waals surface area contributed by atoms with Crippen molar-refractivity contribution in [2.45, 2.75) is 31.6 Å². The first-order chi connectivity index (χ1) is 16.7. The van der Waals surface area contributed by atoms with Gasteiger partial charge in [-0.25, -0.2) is 8.42 Å². The van der Waals surface area contributed by atoms with Crippen LogP contribution in [0.2, 0.25) is 0 Å². The number of amides is 1. The van der Waals surface area contributed by atoms with Crippen molar-refractivity contribution in [1.29, 1.82) is 0 Å². The summed E-state index contributed by atoms with van der Waals surface area (Å²) >= 11 is 0. The van der Waals surface area contributed by atoms with Gasteiger partial charge in [0.1, 0.15) is 18.0 Å². The number of carbonyl (C=O) groups is 1. The molecule has 0 aliphatic carbocycles. The molecule has 3 aromatic rings. The summed E-state index contributed by atoms with van der Waals surface area (Å²) in [5.41, 5.74) is 3.58. The van der Waals surface area contributed by atoms with Gasteiger partial charge < -0.3 is 14.8 Å². The van der Waals surface area contributed by atoms with Crippen molar-refractivity contribution in [3.63, 3.8) is 0 Å². The number of sulfonamides is 1. The van der Waals surface area contributed by atoms with E-state index in [1.807, 2.05) is 26.0 Å². The second-order valence-corrected chi connectivity index (χ2v) is 10.2. The van der Waals surface area contributed by atoms with Gasteiger partial charge in [-0.15, -0.1) is 0 Å². The Hall–Kier alpha value is -3.52. The highest BCUT2D eigenvalue weighted by molar-refractivity contribution is 7.92. The number of nitrogens with zero attached hydrogens (tertiary/aromatic N) is 1. The van der Waals surface area contributed by atoms with Crippen molar-refractivity contribution >= 4 is 21.6 Å². The predicted octanol–water partition coefficient (Wildman–Crippen LogP) is 4.26. The molecule has 0 fully saturated rings. The molecule has 0 unspecified atom stereocenters. The van der Waals surface area contributed by atoms with Crippen LogP contribution in [-0.4, -0.2) is 41.6 Å². The lowest BCUT2D eigenvalue weighted by atomic mass is 10.1. The van der Waals surface area contributed by atoms with E-state index >= 15 is 0 Å². The number of benzene rings is 3. The molecule has 0 radical (unpaired) electrons. The molecule has 7 nitrogen and oxygen atoms in total. The highest BCUT2D eigenvalue weighted by atomic mass is 32.2. The normalized spacial score (nSPS) is 11.1. The number of hydrogen-bond acceptors (Lipinski definition) is 5. The van der Waals surface area contributed by atoms with E-state index < -0.39 is 15.9 Å². The van der Waals surface area contributed by atoms with Crippen LogP contribution in [0.5, 0.6) is 11.5 Å². The minimum Gasteiger partial charge on any atom is -0.497 e. The molecule has 0 bridgehead atoms. The predicted molar refractivity (Wildman–Crippen MR) is 138 cm³/mol. The third kappa shape index (κ3) is 6.76. The van der Waals surface area contributed by atoms with E-state index in [4.69, 9.17) is 9.47 Å². The van der Waals surface area contributed by atoms with Gasteiger partial charge in [0.2, 0.25) is 5.91 Å². The first-order valence-electron chi connectivity index (χ1n) is 11.4. The Morgan fingerprint density at radius 3 is 2.31 bits per heavy atom. The SMILES string of the molecule is COc1ccc(N(CC(=O)NCCCc2cccc(C)c2)S(=O)(=O)c2ccc(C)cc2)c(OC)c1. The lowest BCUT2D eigenvalue weighted by Crippen LogP contribution is -2.41. The highest BCUT2D eigenvalue weighted by Gasteiger charge is 2.29. The van der Waals surface area contributed by atoms with Crippen LogP contribution in [0.15, 0.2) is 71.6 Å². The quantitative estimate of drug-likeness (QED) is 0.401. The molecular formula is C27H32N2O5S. The van der Waals surface area contributed by atoms with Crippen molar-refractivity contribution in [2.24, 2.45) is 0 Å². The van der Waals surface area contributed by atoms with Crippen LogP contribution in [0.3, 0.4) is 0 Å². The lowest BCUT2D eigenvalue weighted by Gasteiger charge is -2.26. The maximum absolute atomic E-state index is 13.6. The molecule has 0 atom stereocenters. The van der Waals surface area contributed by atoms with Crippen LogP contribution >= 0.6 is 0 Å². The van der Waals surface area contributed by atoms with Crippen LogP contribution < -0.4 is 19.1 Å². The molecule has 1 amide bonds. The molecule has 0 aliphatic rings. The molecular weight excluding hydrogens is 464 g/mol. The largest absolute Gasteiger partial charge is 0.497 e. The Kier molecular flexibility index (Phi) is 8.76. The van der Waals surface area contributed by atoms with Crippen molar-refractivity contribution in [2.75, 3.05) is 31.6 Å². The number of nitrogens with one attached hydrogen (secondary N) is 1. The Balaban J connectivity index is 1.80. The number of rotatable bonds is 11. The molecule has 1 N–H and O–H groups in total. The molecule has 0 aliphatic heterocycles. The summed E-state index contributed by atoms with van der Waals surface area (Å²) in [7, 11) is -1.09. The Labute approximate surface area is 207 Å². The monoisotopic (exact) mass is 496 g/mol. The average molecular weight is 497 g/mol. The van der Waals surface area contributed by atoms with Gasteiger partial charge in [0, 0.05) is 12.6 Å². The molecule has 35 heavy (non-hydrogen) atoms. The van der Waals surface area contributed by atoms with E-state index in [9.17, 15) is 13.2 Å². The topological polar surface area (TPSA) is 84.9 Å². The zero-order valence-electron chi connectivity index (χ0n) is 20.6. The number of ether oxygens (including phenoxy) is 2. The number of carbonyl (C=O) groups excluding carboxylic acids is 1. The van der Waals surface area contributed by atoms with Gasteiger partial charge in [0.05, 0.1) is 24.8 Å². The fraction of sp³-hybridized carbons (Fsp3) is 0.296. The van der Waals surface area contributed by atoms with Gasteiger partial charge in [-0.3, -0.25) is 9.10 Å². The second-order valence-electron chi connectivity index (χ2n) is 8.31. The first-order valence-corrected chi connectivity index (χ1v) is 12.8. The molecule has 0 heterocycles. The van der Waals surface area contributed by atoms with Crippen LogP contribution in [0.1, 0.15) is 23.1 Å². The zero-order chi connectivity index (χ0) is 25.4. The third-order valence-corrected chi connectivity index (χ3v) is 7.37. The van der Waals surface area contributed by atoms with Gasteiger partial charge in [-0.1, -0.05) is 47.5 Å². The Bertz CT molecular complexity index is 1260. The summed E-state index contributed by atoms with van der Waals surface area (Å²) < 4.78 is 39.0. The van der Waals surface area contributed by atoms with Crippen molar-refractivity contribution in [1.82, 2.24) is 5.32 Å². The first kappa shape index (κ1) is 26.1. The van der Waals surface area contributed by atoms with E-state index in [1.54, 1.807) is 30.3 Å². The molecule has 186 valence electrons. The number of methoxy groups -OCH3 is 2. The molecule has 3 rings (SSSR count). The maximum Gasteiger partial charge on any atom is 0.264 e. The lowest BCUT2D eigenvalue weighted by molar-refractivity contribution is -0.119. The summed E-state index contributed by atoms with van der Waals surface area (Å²) in [4.78, 5) is 13.0. The summed E-state index contributed by atoms with van der Waals surface area (Å²) in [6.45, 7) is 3.97. The van der Waals surface area contributed by atoms with Gasteiger partial charge in [0.15, 0.2) is 0 Å². The fourth-order valence-corrected chi connectivity index (χ4v) is 5.13. The minimum atomic E-state index is -4.04. The minimum absolute atomic E-state index is 0.0909. The smallest absolute Gasteiger partial charge is 0.264 e. The molecule has 0 aromatic heterocycles. The highest BCUT2D eigenvalue weighted by Crippen LogP contribution is 2.35. The summed E-state index contributed by atoms with van der Waals surface area (Å²) in [5, 5.41) is 2.85. The third-order valence-electron chi connectivity index (χ3n) is 5.60. The maximum atomic E-state index is 13.6. The van der Waals surface area contributed by atoms with E-state index in [1.165, 1.54) is 37.5 Å². The van der Waals surface area contributed by atoms with Gasteiger partial charge in [-0.05, 0) is 56.5 Å². The Morgan fingerprint density at radius 1 is 0.914 bits per heavy atom. The van der Waals surface area contributed by atoms with E-state index in [2.05, 4.69) is 17.4 Å². The number of aryl methyl sites for hydroxylation is 3. The molecule has 0 saturated heterocycles. The van der Waals surface area contributed by atoms with Crippen molar-refractivity contribution in [3.8, 4) is 11.5 Å². The Morgan fingerprint density at radius 2 is 1.66 bits per heavy atom. The molecule has 0 saturated carbocycles. The van der Waals surface area contributed by atoms with E-state index in [-0.39, 0.29) is 22.9 Å². The van der Waals surface area contributed by atoms with Crippen LogP contribution in [0.25, 0.3) is 0 Å². The summed E-state index contributed by atoms with van der Waals surface area (Å²) in [6.07, 6.45) is 1.56. The summed E-state index contributed by atoms with van der Waals surface area (Å²) in [6, 6.07) is 19.6. The van der Waals surface area contributed by atoms with Crippen molar-refractivity contribution < 1.29 is 22.7 Å². The van der Waals surface area contributed by atoms with E-state index in [0.29, 0.717) is 12.3 Å². The fourth-order valence-electron chi connectivity index (χ4n) is 3.70.